The molecule has 3 aromatic rings. The van der Waals surface area contributed by atoms with Crippen LogP contribution in [-0.4, -0.2) is 15.0 Å². The predicted octanol–water partition coefficient (Wildman–Crippen LogP) is 1.58. The minimum absolute atomic E-state index is 0.682. The zero-order valence-electron chi connectivity index (χ0n) is 9.04. The maximum Gasteiger partial charge on any atom is 0.115 e. The Hall–Kier alpha value is -2.56. The van der Waals surface area contributed by atoms with Crippen LogP contribution in [0.15, 0.2) is 42.5 Å². The van der Waals surface area contributed by atoms with Gasteiger partial charge >= 0.3 is 0 Å². The standard InChI is InChI=1S/C12H11N5/c13-8-1-4-10(5-2-8)17-12-6-3-9(14)7-11(12)15-16-17/h1-7H,13-14H2. The number of rotatable bonds is 1. The number of nitrogens with two attached hydrogens (primary N) is 2. The van der Waals surface area contributed by atoms with Crippen LogP contribution in [0.3, 0.4) is 0 Å². The van der Waals surface area contributed by atoms with Crippen molar-refractivity contribution in [3.8, 4) is 5.69 Å². The van der Waals surface area contributed by atoms with Gasteiger partial charge in [-0.25, -0.2) is 4.68 Å². The highest BCUT2D eigenvalue weighted by molar-refractivity contribution is 5.79. The van der Waals surface area contributed by atoms with Crippen LogP contribution in [0.4, 0.5) is 11.4 Å². The minimum Gasteiger partial charge on any atom is -0.399 e. The normalized spacial score (nSPS) is 10.8. The van der Waals surface area contributed by atoms with Crippen molar-refractivity contribution < 1.29 is 0 Å². The molecule has 0 unspecified atom stereocenters. The largest absolute Gasteiger partial charge is 0.399 e. The number of nitrogen functional groups attached to an aromatic ring is 2. The smallest absolute Gasteiger partial charge is 0.115 e. The molecule has 0 aliphatic heterocycles. The molecule has 4 N–H and O–H groups in total. The summed E-state index contributed by atoms with van der Waals surface area (Å²) >= 11 is 0. The van der Waals surface area contributed by atoms with Crippen LogP contribution < -0.4 is 11.5 Å². The van der Waals surface area contributed by atoms with Crippen molar-refractivity contribution in [1.29, 1.82) is 0 Å². The van der Waals surface area contributed by atoms with Gasteiger partial charge in [-0.05, 0) is 42.5 Å². The molecular formula is C12H11N5. The topological polar surface area (TPSA) is 82.8 Å². The van der Waals surface area contributed by atoms with Gasteiger partial charge in [-0.3, -0.25) is 0 Å². The molecule has 5 heteroatoms. The summed E-state index contributed by atoms with van der Waals surface area (Å²) in [5.74, 6) is 0. The van der Waals surface area contributed by atoms with Gasteiger partial charge in [-0.2, -0.15) is 0 Å². The molecule has 5 nitrogen and oxygen atoms in total. The molecule has 17 heavy (non-hydrogen) atoms. The van der Waals surface area contributed by atoms with Crippen molar-refractivity contribution in [2.75, 3.05) is 11.5 Å². The Kier molecular flexibility index (Phi) is 1.98. The van der Waals surface area contributed by atoms with E-state index in [4.69, 9.17) is 11.5 Å². The summed E-state index contributed by atoms with van der Waals surface area (Å²) in [6.07, 6.45) is 0. The number of anilines is 2. The van der Waals surface area contributed by atoms with Gasteiger partial charge in [-0.1, -0.05) is 5.21 Å². The van der Waals surface area contributed by atoms with Crippen molar-refractivity contribution in [2.24, 2.45) is 0 Å². The van der Waals surface area contributed by atoms with Crippen molar-refractivity contribution >= 4 is 22.4 Å². The Morgan fingerprint density at radius 1 is 0.882 bits per heavy atom. The third-order valence-corrected chi connectivity index (χ3v) is 2.61. The molecule has 0 amide bonds. The molecule has 3 rings (SSSR count). The molecule has 0 aliphatic carbocycles. The number of fused-ring (bicyclic) bond motifs is 1. The Morgan fingerprint density at radius 3 is 2.35 bits per heavy atom. The van der Waals surface area contributed by atoms with Gasteiger partial charge in [0.05, 0.1) is 11.2 Å². The number of aromatic nitrogens is 3. The number of benzene rings is 2. The first-order valence-corrected chi connectivity index (χ1v) is 5.21. The van der Waals surface area contributed by atoms with Crippen LogP contribution in [0.5, 0.6) is 0 Å². The van der Waals surface area contributed by atoms with E-state index in [0.717, 1.165) is 22.4 Å². The van der Waals surface area contributed by atoms with Gasteiger partial charge in [0.2, 0.25) is 0 Å². The molecule has 1 heterocycles. The van der Waals surface area contributed by atoms with E-state index in [1.807, 2.05) is 36.4 Å². The number of nitrogens with zero attached hydrogens (tertiary/aromatic N) is 3. The van der Waals surface area contributed by atoms with Gasteiger partial charge in [0.1, 0.15) is 5.52 Å². The zero-order valence-corrected chi connectivity index (χ0v) is 9.04. The highest BCUT2D eigenvalue weighted by Gasteiger charge is 2.06. The van der Waals surface area contributed by atoms with E-state index in [1.165, 1.54) is 0 Å². The first-order valence-electron chi connectivity index (χ1n) is 5.21. The lowest BCUT2D eigenvalue weighted by atomic mass is 10.2. The van der Waals surface area contributed by atoms with Crippen LogP contribution in [0, 0.1) is 0 Å². The highest BCUT2D eigenvalue weighted by Crippen LogP contribution is 2.19. The second-order valence-electron chi connectivity index (χ2n) is 3.84. The average molecular weight is 225 g/mol. The van der Waals surface area contributed by atoms with Crippen LogP contribution in [0.25, 0.3) is 16.7 Å². The van der Waals surface area contributed by atoms with E-state index in [9.17, 15) is 0 Å². The van der Waals surface area contributed by atoms with Gasteiger partial charge in [0, 0.05) is 11.4 Å². The first kappa shape index (κ1) is 9.65. The Bertz CT molecular complexity index is 669. The van der Waals surface area contributed by atoms with Crippen molar-refractivity contribution in [3.63, 3.8) is 0 Å². The minimum atomic E-state index is 0.682. The molecule has 0 bridgehead atoms. The summed E-state index contributed by atoms with van der Waals surface area (Å²) < 4.78 is 1.76. The zero-order chi connectivity index (χ0) is 11.8. The number of hydrogen-bond acceptors (Lipinski definition) is 4. The summed E-state index contributed by atoms with van der Waals surface area (Å²) in [5.41, 5.74) is 15.4. The summed E-state index contributed by atoms with van der Waals surface area (Å²) in [7, 11) is 0. The SMILES string of the molecule is Nc1ccc(-n2nnc3cc(N)ccc32)cc1. The summed E-state index contributed by atoms with van der Waals surface area (Å²) in [6.45, 7) is 0. The van der Waals surface area contributed by atoms with E-state index in [-0.39, 0.29) is 0 Å². The van der Waals surface area contributed by atoms with Crippen LogP contribution in [-0.2, 0) is 0 Å². The lowest BCUT2D eigenvalue weighted by molar-refractivity contribution is 0.824. The van der Waals surface area contributed by atoms with Crippen LogP contribution in [0.1, 0.15) is 0 Å². The fraction of sp³-hybridized carbons (Fsp3) is 0. The van der Waals surface area contributed by atoms with E-state index < -0.39 is 0 Å². The van der Waals surface area contributed by atoms with Gasteiger partial charge in [-0.15, -0.1) is 5.10 Å². The summed E-state index contributed by atoms with van der Waals surface area (Å²) in [6, 6.07) is 13.0. The van der Waals surface area contributed by atoms with Crippen LogP contribution >= 0.6 is 0 Å². The molecule has 2 aromatic carbocycles. The second-order valence-corrected chi connectivity index (χ2v) is 3.84. The number of hydrogen-bond donors (Lipinski definition) is 2. The fourth-order valence-electron chi connectivity index (χ4n) is 1.75. The van der Waals surface area contributed by atoms with Crippen molar-refractivity contribution in [3.05, 3.63) is 42.5 Å². The molecule has 84 valence electrons. The van der Waals surface area contributed by atoms with E-state index in [2.05, 4.69) is 10.3 Å². The van der Waals surface area contributed by atoms with E-state index in [1.54, 1.807) is 10.7 Å². The lowest BCUT2D eigenvalue weighted by Crippen LogP contribution is -1.96. The van der Waals surface area contributed by atoms with Crippen molar-refractivity contribution in [1.82, 2.24) is 15.0 Å². The molecule has 0 spiro atoms. The first-order chi connectivity index (χ1) is 8.24. The third-order valence-electron chi connectivity index (χ3n) is 2.61. The van der Waals surface area contributed by atoms with Crippen LogP contribution in [0.2, 0.25) is 0 Å². The van der Waals surface area contributed by atoms with Gasteiger partial charge in [0.15, 0.2) is 0 Å². The Balaban J connectivity index is 2.21. The highest BCUT2D eigenvalue weighted by atomic mass is 15.4. The van der Waals surface area contributed by atoms with E-state index >= 15 is 0 Å². The maximum absolute atomic E-state index is 5.70. The molecule has 1 aromatic heterocycles. The molecular weight excluding hydrogens is 214 g/mol. The molecule has 0 radical (unpaired) electrons. The molecule has 0 saturated carbocycles. The van der Waals surface area contributed by atoms with Crippen molar-refractivity contribution in [2.45, 2.75) is 0 Å². The van der Waals surface area contributed by atoms with E-state index in [0.29, 0.717) is 5.69 Å². The monoisotopic (exact) mass is 225 g/mol. The lowest BCUT2D eigenvalue weighted by Gasteiger charge is -2.02. The summed E-state index contributed by atoms with van der Waals surface area (Å²) in [5, 5.41) is 8.19. The maximum atomic E-state index is 5.70. The predicted molar refractivity (Wildman–Crippen MR) is 67.7 cm³/mol. The van der Waals surface area contributed by atoms with Gasteiger partial charge < -0.3 is 11.5 Å². The Morgan fingerprint density at radius 2 is 1.59 bits per heavy atom. The summed E-state index contributed by atoms with van der Waals surface area (Å²) in [4.78, 5) is 0. The average Bonchev–Trinajstić information content (AvgIpc) is 2.73. The third kappa shape index (κ3) is 1.57. The fourth-order valence-corrected chi connectivity index (χ4v) is 1.75. The Labute approximate surface area is 97.6 Å². The molecule has 0 aliphatic rings. The quantitative estimate of drug-likeness (QED) is 0.616. The van der Waals surface area contributed by atoms with Gasteiger partial charge in [0.25, 0.3) is 0 Å². The molecule has 0 atom stereocenters. The second kappa shape index (κ2) is 3.48. The molecule has 0 fully saturated rings. The molecule has 0 saturated heterocycles.